The van der Waals surface area contributed by atoms with Crippen molar-refractivity contribution in [3.63, 3.8) is 0 Å². The van der Waals surface area contributed by atoms with Gasteiger partial charge in [-0.05, 0) is 59.7 Å². The standard InChI is InChI=1S/C56H34N6O/c1-4-16-35(17-5-1)39-32-45(36-18-6-2-7-19-36)57-51(34-39)62-46-25-13-10-22-40(46)43-30-31-48-52(53(43)62)44-24-11-14-26-47(44)61(48)56-59-54(37-20-8-3-9-21-37)58-55(60-56)38-28-29-42-41-23-12-15-27-49(41)63-50(42)33-38/h1-34H. The third-order valence-electron chi connectivity index (χ3n) is 12.2. The SMILES string of the molecule is c1ccc(-c2cc(-c3ccccc3)nc(-n3c4ccccc4c4ccc5c(c6ccccc6n5-c5nc(-c6ccccc6)nc(-c6ccc7c(c6)oc6ccccc67)n5)c43)c2)cc1. The first-order valence-corrected chi connectivity index (χ1v) is 21.1. The summed E-state index contributed by atoms with van der Waals surface area (Å²) in [5, 5.41) is 6.57. The topological polar surface area (TPSA) is 74.6 Å². The number of hydrogen-bond donors (Lipinski definition) is 0. The minimum Gasteiger partial charge on any atom is -0.456 e. The Morgan fingerprint density at radius 2 is 0.921 bits per heavy atom. The Labute approximate surface area is 360 Å². The zero-order valence-electron chi connectivity index (χ0n) is 33.7. The summed E-state index contributed by atoms with van der Waals surface area (Å²) in [6.07, 6.45) is 0. The highest BCUT2D eigenvalue weighted by Crippen LogP contribution is 2.43. The second-order valence-corrected chi connectivity index (χ2v) is 15.9. The van der Waals surface area contributed by atoms with Crippen LogP contribution in [0.15, 0.2) is 211 Å². The summed E-state index contributed by atoms with van der Waals surface area (Å²) in [6.45, 7) is 0. The predicted octanol–water partition coefficient (Wildman–Crippen LogP) is 14.0. The van der Waals surface area contributed by atoms with Crippen LogP contribution in [0.1, 0.15) is 0 Å². The number of hydrogen-bond acceptors (Lipinski definition) is 5. The molecule has 8 aromatic carbocycles. The van der Waals surface area contributed by atoms with Crippen LogP contribution < -0.4 is 0 Å². The van der Waals surface area contributed by atoms with E-state index in [1.54, 1.807) is 0 Å². The lowest BCUT2D eigenvalue weighted by atomic mass is 10.0. The molecule has 7 heteroatoms. The monoisotopic (exact) mass is 806 g/mol. The maximum Gasteiger partial charge on any atom is 0.238 e. The van der Waals surface area contributed by atoms with Crippen LogP contribution in [-0.4, -0.2) is 29.1 Å². The van der Waals surface area contributed by atoms with Gasteiger partial charge in [0.05, 0.1) is 27.8 Å². The molecule has 5 heterocycles. The second kappa shape index (κ2) is 13.9. The second-order valence-electron chi connectivity index (χ2n) is 15.9. The molecule has 0 radical (unpaired) electrons. The minimum atomic E-state index is 0.521. The summed E-state index contributed by atoms with van der Waals surface area (Å²) in [6, 6.07) is 71.5. The molecule has 0 aliphatic rings. The molecule has 0 fully saturated rings. The van der Waals surface area contributed by atoms with Crippen molar-refractivity contribution < 1.29 is 4.42 Å². The molecule has 0 spiro atoms. The predicted molar refractivity (Wildman–Crippen MR) is 255 cm³/mol. The minimum absolute atomic E-state index is 0.521. The molecule has 294 valence electrons. The Kier molecular flexibility index (Phi) is 7.77. The smallest absolute Gasteiger partial charge is 0.238 e. The lowest BCUT2D eigenvalue weighted by molar-refractivity contribution is 0.669. The summed E-state index contributed by atoms with van der Waals surface area (Å²) >= 11 is 0. The van der Waals surface area contributed by atoms with E-state index in [2.05, 4.69) is 155 Å². The van der Waals surface area contributed by atoms with E-state index in [-0.39, 0.29) is 0 Å². The molecule has 7 nitrogen and oxygen atoms in total. The van der Waals surface area contributed by atoms with E-state index < -0.39 is 0 Å². The van der Waals surface area contributed by atoms with Gasteiger partial charge in [0.25, 0.3) is 0 Å². The highest BCUT2D eigenvalue weighted by molar-refractivity contribution is 6.26. The average molecular weight is 807 g/mol. The molecule has 0 unspecified atom stereocenters. The van der Waals surface area contributed by atoms with Gasteiger partial charge in [0.2, 0.25) is 5.95 Å². The van der Waals surface area contributed by atoms with Crippen molar-refractivity contribution in [2.75, 3.05) is 0 Å². The number of fused-ring (bicyclic) bond motifs is 10. The number of nitrogens with zero attached hydrogens (tertiary/aromatic N) is 6. The molecule has 0 amide bonds. The van der Waals surface area contributed by atoms with Gasteiger partial charge in [-0.3, -0.25) is 9.13 Å². The van der Waals surface area contributed by atoms with Crippen LogP contribution in [-0.2, 0) is 0 Å². The van der Waals surface area contributed by atoms with Crippen LogP contribution in [0.25, 0.3) is 122 Å². The van der Waals surface area contributed by atoms with Gasteiger partial charge in [0.15, 0.2) is 11.6 Å². The zero-order chi connectivity index (χ0) is 41.4. The van der Waals surface area contributed by atoms with Crippen LogP contribution in [0.5, 0.6) is 0 Å². The first-order valence-electron chi connectivity index (χ1n) is 21.1. The zero-order valence-corrected chi connectivity index (χ0v) is 33.7. The van der Waals surface area contributed by atoms with Crippen molar-refractivity contribution in [3.8, 4) is 56.9 Å². The lowest BCUT2D eigenvalue weighted by Crippen LogP contribution is -2.06. The van der Waals surface area contributed by atoms with Gasteiger partial charge in [0, 0.05) is 49.0 Å². The molecule has 13 aromatic rings. The van der Waals surface area contributed by atoms with Gasteiger partial charge in [-0.15, -0.1) is 0 Å². The van der Waals surface area contributed by atoms with Crippen LogP contribution in [0.2, 0.25) is 0 Å². The molecule has 0 saturated carbocycles. The Morgan fingerprint density at radius 3 is 1.68 bits per heavy atom. The summed E-state index contributed by atoms with van der Waals surface area (Å²) in [5.41, 5.74) is 11.6. The summed E-state index contributed by atoms with van der Waals surface area (Å²) in [4.78, 5) is 21.1. The molecule has 5 aromatic heterocycles. The molecular weight excluding hydrogens is 773 g/mol. The Morgan fingerprint density at radius 1 is 0.333 bits per heavy atom. The van der Waals surface area contributed by atoms with Gasteiger partial charge in [-0.2, -0.15) is 9.97 Å². The molecule has 0 bridgehead atoms. The molecule has 13 rings (SSSR count). The molecular formula is C56H34N6O. The van der Waals surface area contributed by atoms with E-state index >= 15 is 0 Å². The number of benzene rings is 8. The van der Waals surface area contributed by atoms with E-state index in [1.807, 2.05) is 60.7 Å². The number of para-hydroxylation sites is 3. The molecule has 0 N–H and O–H groups in total. The van der Waals surface area contributed by atoms with Gasteiger partial charge < -0.3 is 4.42 Å². The van der Waals surface area contributed by atoms with E-state index in [9.17, 15) is 0 Å². The highest BCUT2D eigenvalue weighted by atomic mass is 16.3. The van der Waals surface area contributed by atoms with Gasteiger partial charge in [-0.25, -0.2) is 9.97 Å². The fourth-order valence-corrected chi connectivity index (χ4v) is 9.32. The third-order valence-corrected chi connectivity index (χ3v) is 12.2. The van der Waals surface area contributed by atoms with Gasteiger partial charge in [0.1, 0.15) is 17.0 Å². The maximum atomic E-state index is 6.34. The summed E-state index contributed by atoms with van der Waals surface area (Å²) < 4.78 is 10.9. The number of rotatable bonds is 6. The Hall–Kier alpha value is -8.68. The Balaban J connectivity index is 1.11. The normalized spacial score (nSPS) is 11.8. The largest absolute Gasteiger partial charge is 0.456 e. The molecule has 63 heavy (non-hydrogen) atoms. The van der Waals surface area contributed by atoms with Crippen molar-refractivity contribution in [2.45, 2.75) is 0 Å². The molecule has 0 atom stereocenters. The van der Waals surface area contributed by atoms with Crippen molar-refractivity contribution >= 4 is 65.6 Å². The highest BCUT2D eigenvalue weighted by Gasteiger charge is 2.24. The van der Waals surface area contributed by atoms with Gasteiger partial charge in [-0.1, -0.05) is 158 Å². The third kappa shape index (κ3) is 5.60. The van der Waals surface area contributed by atoms with Crippen LogP contribution >= 0.6 is 0 Å². The van der Waals surface area contributed by atoms with E-state index in [4.69, 9.17) is 24.4 Å². The quantitative estimate of drug-likeness (QED) is 0.167. The average Bonchev–Trinajstić information content (AvgIpc) is 4.02. The van der Waals surface area contributed by atoms with Crippen molar-refractivity contribution in [3.05, 3.63) is 206 Å². The summed E-state index contributed by atoms with van der Waals surface area (Å²) in [7, 11) is 0. The maximum absolute atomic E-state index is 6.34. The first-order chi connectivity index (χ1) is 31.2. The van der Waals surface area contributed by atoms with Crippen LogP contribution in [0.4, 0.5) is 0 Å². The number of aromatic nitrogens is 6. The van der Waals surface area contributed by atoms with Crippen LogP contribution in [0.3, 0.4) is 0 Å². The van der Waals surface area contributed by atoms with Crippen LogP contribution in [0, 0.1) is 0 Å². The Bertz CT molecular complexity index is 3850. The lowest BCUT2D eigenvalue weighted by Gasteiger charge is -2.13. The van der Waals surface area contributed by atoms with E-state index in [0.717, 1.165) is 105 Å². The van der Waals surface area contributed by atoms with Gasteiger partial charge >= 0.3 is 0 Å². The fourth-order valence-electron chi connectivity index (χ4n) is 9.32. The molecule has 0 aliphatic carbocycles. The first kappa shape index (κ1) is 35.1. The number of furan rings is 1. The van der Waals surface area contributed by atoms with Crippen molar-refractivity contribution in [1.82, 2.24) is 29.1 Å². The molecule has 0 saturated heterocycles. The van der Waals surface area contributed by atoms with E-state index in [1.165, 1.54) is 0 Å². The fraction of sp³-hybridized carbons (Fsp3) is 0. The molecule has 0 aliphatic heterocycles. The van der Waals surface area contributed by atoms with E-state index in [0.29, 0.717) is 17.6 Å². The summed E-state index contributed by atoms with van der Waals surface area (Å²) in [5.74, 6) is 2.49. The number of pyridine rings is 1. The van der Waals surface area contributed by atoms with Crippen molar-refractivity contribution in [2.24, 2.45) is 0 Å². The van der Waals surface area contributed by atoms with Crippen molar-refractivity contribution in [1.29, 1.82) is 0 Å².